The van der Waals surface area contributed by atoms with Gasteiger partial charge in [0.2, 0.25) is 5.91 Å². The summed E-state index contributed by atoms with van der Waals surface area (Å²) in [4.78, 5) is 11.2. The molecule has 0 radical (unpaired) electrons. The summed E-state index contributed by atoms with van der Waals surface area (Å²) in [7, 11) is 0. The molecule has 1 aromatic carbocycles. The Bertz CT molecular complexity index is 299. The van der Waals surface area contributed by atoms with Gasteiger partial charge in [-0.1, -0.05) is 28.1 Å². The predicted octanol–water partition coefficient (Wildman–Crippen LogP) is 1.88. The van der Waals surface area contributed by atoms with E-state index >= 15 is 0 Å². The lowest BCUT2D eigenvalue weighted by molar-refractivity contribution is -0.120. The molecule has 1 amide bonds. The van der Waals surface area contributed by atoms with Crippen LogP contribution < -0.4 is 5.32 Å². The monoisotopic (exact) mass is 259 g/mol. The topological polar surface area (TPSA) is 29.1 Å². The van der Waals surface area contributed by atoms with Crippen molar-refractivity contribution in [2.75, 3.05) is 11.9 Å². The van der Waals surface area contributed by atoms with E-state index in [0.717, 1.165) is 10.9 Å². The molecule has 1 N–H and O–H groups in total. The molecule has 0 saturated carbocycles. The first-order chi connectivity index (χ1) is 6.72. The maximum atomic E-state index is 12.5. The Morgan fingerprint density at radius 3 is 2.57 bits per heavy atom. The fraction of sp³-hybridized carbons (Fsp3) is 0.300. The van der Waals surface area contributed by atoms with Crippen LogP contribution in [0.1, 0.15) is 5.56 Å². The third kappa shape index (κ3) is 3.87. The van der Waals surface area contributed by atoms with Gasteiger partial charge in [-0.25, -0.2) is 4.39 Å². The van der Waals surface area contributed by atoms with Gasteiger partial charge in [0.25, 0.3) is 0 Å². The number of hydrogen-bond acceptors (Lipinski definition) is 1. The molecule has 0 saturated heterocycles. The van der Waals surface area contributed by atoms with Crippen molar-refractivity contribution in [2.45, 2.75) is 6.42 Å². The van der Waals surface area contributed by atoms with Crippen LogP contribution in [0.25, 0.3) is 0 Å². The Labute approximate surface area is 90.6 Å². The highest BCUT2D eigenvalue weighted by Gasteiger charge is 2.01. The Morgan fingerprint density at radius 2 is 2.00 bits per heavy atom. The number of carbonyl (C=O) groups is 1. The molecule has 2 nitrogen and oxygen atoms in total. The van der Waals surface area contributed by atoms with Gasteiger partial charge in [-0.3, -0.25) is 4.79 Å². The minimum atomic E-state index is -0.283. The smallest absolute Gasteiger partial charge is 0.224 e. The zero-order chi connectivity index (χ0) is 10.4. The number of amides is 1. The summed E-state index contributed by atoms with van der Waals surface area (Å²) in [6, 6.07) is 5.94. The zero-order valence-corrected chi connectivity index (χ0v) is 9.18. The van der Waals surface area contributed by atoms with Crippen LogP contribution in [-0.4, -0.2) is 17.8 Å². The quantitative estimate of drug-likeness (QED) is 0.823. The summed E-state index contributed by atoms with van der Waals surface area (Å²) in [5.41, 5.74) is 0.818. The van der Waals surface area contributed by atoms with Gasteiger partial charge in [0.05, 0.1) is 6.42 Å². The first-order valence-corrected chi connectivity index (χ1v) is 5.41. The molecule has 0 atom stereocenters. The van der Waals surface area contributed by atoms with Crippen molar-refractivity contribution < 1.29 is 9.18 Å². The van der Waals surface area contributed by atoms with Crippen molar-refractivity contribution in [1.82, 2.24) is 5.32 Å². The van der Waals surface area contributed by atoms with Gasteiger partial charge in [0, 0.05) is 11.9 Å². The van der Waals surface area contributed by atoms with E-state index in [4.69, 9.17) is 0 Å². The molecule has 0 aromatic heterocycles. The molecule has 0 unspecified atom stereocenters. The van der Waals surface area contributed by atoms with Crippen LogP contribution in [0.5, 0.6) is 0 Å². The number of alkyl halides is 1. The van der Waals surface area contributed by atoms with Crippen LogP contribution in [0.3, 0.4) is 0 Å². The average Bonchev–Trinajstić information content (AvgIpc) is 2.18. The summed E-state index contributed by atoms with van der Waals surface area (Å²) >= 11 is 3.21. The molecule has 76 valence electrons. The summed E-state index contributed by atoms with van der Waals surface area (Å²) in [5.74, 6) is -0.328. The van der Waals surface area contributed by atoms with Gasteiger partial charge in [-0.2, -0.15) is 0 Å². The minimum Gasteiger partial charge on any atom is -0.355 e. The lowest BCUT2D eigenvalue weighted by Crippen LogP contribution is -2.26. The molecule has 14 heavy (non-hydrogen) atoms. The van der Waals surface area contributed by atoms with Gasteiger partial charge in [-0.15, -0.1) is 0 Å². The number of rotatable bonds is 4. The van der Waals surface area contributed by atoms with E-state index in [2.05, 4.69) is 21.2 Å². The summed E-state index contributed by atoms with van der Waals surface area (Å²) in [6.45, 7) is 0.611. The molecule has 4 heteroatoms. The molecule has 0 bridgehead atoms. The second-order valence-corrected chi connectivity index (χ2v) is 3.64. The van der Waals surface area contributed by atoms with Crippen LogP contribution in [-0.2, 0) is 11.2 Å². The third-order valence-electron chi connectivity index (χ3n) is 1.69. The van der Waals surface area contributed by atoms with E-state index in [0.29, 0.717) is 13.0 Å². The fourth-order valence-corrected chi connectivity index (χ4v) is 1.24. The van der Waals surface area contributed by atoms with Crippen LogP contribution in [0.4, 0.5) is 4.39 Å². The van der Waals surface area contributed by atoms with Crippen molar-refractivity contribution in [1.29, 1.82) is 0 Å². The van der Waals surface area contributed by atoms with Crippen molar-refractivity contribution >= 4 is 21.8 Å². The molecule has 0 heterocycles. The third-order valence-corrected chi connectivity index (χ3v) is 2.09. The van der Waals surface area contributed by atoms with Gasteiger partial charge in [0.15, 0.2) is 0 Å². The number of hydrogen-bond donors (Lipinski definition) is 1. The van der Waals surface area contributed by atoms with E-state index in [9.17, 15) is 9.18 Å². The lowest BCUT2D eigenvalue weighted by atomic mass is 10.1. The van der Waals surface area contributed by atoms with Crippen molar-refractivity contribution in [2.24, 2.45) is 0 Å². The Hall–Kier alpha value is -0.900. The number of halogens is 2. The first-order valence-electron chi connectivity index (χ1n) is 4.29. The SMILES string of the molecule is O=C(Cc1ccc(F)cc1)NCCBr. The number of benzene rings is 1. The van der Waals surface area contributed by atoms with Gasteiger partial charge in [-0.05, 0) is 17.7 Å². The van der Waals surface area contributed by atoms with Gasteiger partial charge in [0.1, 0.15) is 5.82 Å². The molecule has 0 aliphatic carbocycles. The predicted molar refractivity (Wildman–Crippen MR) is 56.9 cm³/mol. The summed E-state index contributed by atoms with van der Waals surface area (Å²) < 4.78 is 12.5. The van der Waals surface area contributed by atoms with Crippen molar-refractivity contribution in [3.8, 4) is 0 Å². The molecule has 0 fully saturated rings. The van der Waals surface area contributed by atoms with Crippen LogP contribution >= 0.6 is 15.9 Å². The van der Waals surface area contributed by atoms with Crippen molar-refractivity contribution in [3.63, 3.8) is 0 Å². The Kier molecular flexibility index (Phi) is 4.59. The standard InChI is InChI=1S/C10H11BrFNO/c11-5-6-13-10(14)7-8-1-3-9(12)4-2-8/h1-4H,5-7H2,(H,13,14). The van der Waals surface area contributed by atoms with Gasteiger partial charge < -0.3 is 5.32 Å². The number of nitrogens with one attached hydrogen (secondary N) is 1. The normalized spacial score (nSPS) is 9.86. The lowest BCUT2D eigenvalue weighted by Gasteiger charge is -2.02. The molecular formula is C10H11BrFNO. The van der Waals surface area contributed by atoms with Crippen LogP contribution in [0.2, 0.25) is 0 Å². The minimum absolute atomic E-state index is 0.0453. The fourth-order valence-electron chi connectivity index (χ4n) is 1.04. The average molecular weight is 260 g/mol. The molecule has 1 aromatic rings. The van der Waals surface area contributed by atoms with E-state index in [1.165, 1.54) is 12.1 Å². The van der Waals surface area contributed by atoms with E-state index in [1.54, 1.807) is 12.1 Å². The second-order valence-electron chi connectivity index (χ2n) is 2.84. The largest absolute Gasteiger partial charge is 0.355 e. The Morgan fingerprint density at radius 1 is 1.36 bits per heavy atom. The maximum Gasteiger partial charge on any atom is 0.224 e. The van der Waals surface area contributed by atoms with Crippen LogP contribution in [0, 0.1) is 5.82 Å². The van der Waals surface area contributed by atoms with E-state index < -0.39 is 0 Å². The van der Waals surface area contributed by atoms with E-state index in [1.807, 2.05) is 0 Å². The highest BCUT2D eigenvalue weighted by atomic mass is 79.9. The molecule has 0 aliphatic rings. The number of carbonyl (C=O) groups excluding carboxylic acids is 1. The second kappa shape index (κ2) is 5.75. The molecule has 0 aliphatic heterocycles. The van der Waals surface area contributed by atoms with Gasteiger partial charge >= 0.3 is 0 Å². The Balaban J connectivity index is 2.44. The van der Waals surface area contributed by atoms with Crippen LogP contribution in [0.15, 0.2) is 24.3 Å². The molecule has 1 rings (SSSR count). The zero-order valence-electron chi connectivity index (χ0n) is 7.59. The highest BCUT2D eigenvalue weighted by Crippen LogP contribution is 2.03. The first kappa shape index (κ1) is 11.2. The molecule has 0 spiro atoms. The molecular weight excluding hydrogens is 249 g/mol. The van der Waals surface area contributed by atoms with Crippen molar-refractivity contribution in [3.05, 3.63) is 35.6 Å². The summed E-state index contributed by atoms with van der Waals surface area (Å²) in [6.07, 6.45) is 0.299. The highest BCUT2D eigenvalue weighted by molar-refractivity contribution is 9.09. The maximum absolute atomic E-state index is 12.5. The van der Waals surface area contributed by atoms with E-state index in [-0.39, 0.29) is 11.7 Å². The summed E-state index contributed by atoms with van der Waals surface area (Å²) in [5, 5.41) is 3.45.